The number of hydrogen-bond donors (Lipinski definition) is 1. The Morgan fingerprint density at radius 3 is 2.60 bits per heavy atom. The summed E-state index contributed by atoms with van der Waals surface area (Å²) in [5, 5.41) is 11.0. The van der Waals surface area contributed by atoms with Gasteiger partial charge in [-0.05, 0) is 55.7 Å². The van der Waals surface area contributed by atoms with Crippen LogP contribution < -0.4 is 5.43 Å². The van der Waals surface area contributed by atoms with Gasteiger partial charge in [0.25, 0.3) is 0 Å². The molecule has 0 amide bonds. The Labute approximate surface area is 173 Å². The van der Waals surface area contributed by atoms with Crippen LogP contribution in [0.2, 0.25) is 0 Å². The van der Waals surface area contributed by atoms with E-state index >= 15 is 0 Å². The number of aromatic hydroxyl groups is 1. The number of phenolic OH excluding ortho intramolecular Hbond substituents is 1. The zero-order valence-electron chi connectivity index (χ0n) is 16.3. The zero-order valence-corrected chi connectivity index (χ0v) is 16.3. The van der Waals surface area contributed by atoms with Gasteiger partial charge in [0.2, 0.25) is 5.43 Å². The Bertz CT molecular complexity index is 1380. The van der Waals surface area contributed by atoms with E-state index in [-0.39, 0.29) is 28.4 Å². The SMILES string of the molecule is O=C(c1cc(C2C=CCCC2)c2oc3ccccc3c(=O)c2c1)c1ccccc1O. The largest absolute Gasteiger partial charge is 0.507 e. The van der Waals surface area contributed by atoms with Gasteiger partial charge in [-0.25, -0.2) is 0 Å². The third-order valence-electron chi connectivity index (χ3n) is 5.77. The molecule has 30 heavy (non-hydrogen) atoms. The first kappa shape index (κ1) is 18.4. The lowest BCUT2D eigenvalue weighted by molar-refractivity contribution is 0.103. The minimum atomic E-state index is -0.316. The van der Waals surface area contributed by atoms with Gasteiger partial charge in [0, 0.05) is 17.0 Å². The van der Waals surface area contributed by atoms with Crippen molar-refractivity contribution in [2.24, 2.45) is 0 Å². The first-order valence-electron chi connectivity index (χ1n) is 10.1. The summed E-state index contributed by atoms with van der Waals surface area (Å²) < 4.78 is 6.18. The number of hydrogen-bond acceptors (Lipinski definition) is 4. The van der Waals surface area contributed by atoms with E-state index in [0.29, 0.717) is 27.5 Å². The fourth-order valence-corrected chi connectivity index (χ4v) is 4.23. The molecule has 0 spiro atoms. The maximum atomic E-state index is 13.3. The topological polar surface area (TPSA) is 67.5 Å². The van der Waals surface area contributed by atoms with Gasteiger partial charge in [-0.1, -0.05) is 36.4 Å². The molecule has 0 saturated carbocycles. The molecule has 1 heterocycles. The molecule has 0 bridgehead atoms. The van der Waals surface area contributed by atoms with Crippen molar-refractivity contribution in [1.29, 1.82) is 0 Å². The van der Waals surface area contributed by atoms with E-state index in [9.17, 15) is 14.7 Å². The van der Waals surface area contributed by atoms with Crippen LogP contribution in [0.4, 0.5) is 0 Å². The number of fused-ring (bicyclic) bond motifs is 2. The molecule has 148 valence electrons. The first-order valence-corrected chi connectivity index (χ1v) is 10.1. The molecule has 1 aliphatic rings. The van der Waals surface area contributed by atoms with Gasteiger partial charge in [0.15, 0.2) is 5.78 Å². The minimum absolute atomic E-state index is 0.0719. The Hall–Kier alpha value is -3.66. The van der Waals surface area contributed by atoms with Gasteiger partial charge >= 0.3 is 0 Å². The van der Waals surface area contributed by atoms with E-state index in [1.165, 1.54) is 6.07 Å². The average Bonchev–Trinajstić information content (AvgIpc) is 2.79. The number of para-hydroxylation sites is 2. The molecule has 4 heteroatoms. The van der Waals surface area contributed by atoms with Gasteiger partial charge in [-0.2, -0.15) is 0 Å². The number of carbonyl (C=O) groups is 1. The van der Waals surface area contributed by atoms with Gasteiger partial charge in [0.1, 0.15) is 16.9 Å². The molecule has 4 nitrogen and oxygen atoms in total. The molecule has 1 atom stereocenters. The molecule has 0 fully saturated rings. The first-order chi connectivity index (χ1) is 14.6. The second-order valence-electron chi connectivity index (χ2n) is 7.68. The van der Waals surface area contributed by atoms with Gasteiger partial charge < -0.3 is 9.52 Å². The molecular formula is C26H20O4. The number of ketones is 1. The van der Waals surface area contributed by atoms with E-state index < -0.39 is 0 Å². The Balaban J connectivity index is 1.81. The van der Waals surface area contributed by atoms with E-state index in [0.717, 1.165) is 24.8 Å². The van der Waals surface area contributed by atoms with E-state index in [4.69, 9.17) is 4.42 Å². The molecule has 1 aromatic heterocycles. The highest BCUT2D eigenvalue weighted by Gasteiger charge is 2.22. The molecule has 0 aliphatic heterocycles. The average molecular weight is 396 g/mol. The van der Waals surface area contributed by atoms with Crippen LogP contribution in [0, 0.1) is 0 Å². The highest BCUT2D eigenvalue weighted by molar-refractivity contribution is 6.12. The Morgan fingerprint density at radius 2 is 1.80 bits per heavy atom. The Morgan fingerprint density at radius 1 is 1.00 bits per heavy atom. The van der Waals surface area contributed by atoms with Crippen LogP contribution in [0.5, 0.6) is 5.75 Å². The highest BCUT2D eigenvalue weighted by Crippen LogP contribution is 2.35. The van der Waals surface area contributed by atoms with E-state index in [1.807, 2.05) is 12.1 Å². The van der Waals surface area contributed by atoms with Crippen molar-refractivity contribution in [3.63, 3.8) is 0 Å². The van der Waals surface area contributed by atoms with E-state index in [1.54, 1.807) is 42.5 Å². The van der Waals surface area contributed by atoms with Crippen LogP contribution in [0.15, 0.2) is 82.0 Å². The van der Waals surface area contributed by atoms with Crippen molar-refractivity contribution >= 4 is 27.7 Å². The molecule has 4 aromatic rings. The van der Waals surface area contributed by atoms with Crippen molar-refractivity contribution in [2.75, 3.05) is 0 Å². The summed E-state index contributed by atoms with van der Waals surface area (Å²) in [6.07, 6.45) is 7.25. The number of allylic oxidation sites excluding steroid dienone is 2. The molecule has 5 rings (SSSR count). The number of rotatable bonds is 3. The minimum Gasteiger partial charge on any atom is -0.507 e. The monoisotopic (exact) mass is 396 g/mol. The van der Waals surface area contributed by atoms with Crippen molar-refractivity contribution in [3.8, 4) is 5.75 Å². The van der Waals surface area contributed by atoms with Crippen LogP contribution in [-0.4, -0.2) is 10.9 Å². The third-order valence-corrected chi connectivity index (χ3v) is 5.77. The predicted molar refractivity (Wildman–Crippen MR) is 117 cm³/mol. The molecule has 0 radical (unpaired) electrons. The Kier molecular flexibility index (Phi) is 4.47. The normalized spacial score (nSPS) is 16.2. The van der Waals surface area contributed by atoms with Crippen molar-refractivity contribution in [2.45, 2.75) is 25.2 Å². The highest BCUT2D eigenvalue weighted by atomic mass is 16.3. The lowest BCUT2D eigenvalue weighted by atomic mass is 9.86. The maximum Gasteiger partial charge on any atom is 0.200 e. The lowest BCUT2D eigenvalue weighted by Crippen LogP contribution is -2.10. The molecule has 1 N–H and O–H groups in total. The summed E-state index contributed by atoms with van der Waals surface area (Å²) in [6.45, 7) is 0. The fourth-order valence-electron chi connectivity index (χ4n) is 4.23. The summed E-state index contributed by atoms with van der Waals surface area (Å²) in [7, 11) is 0. The quantitative estimate of drug-likeness (QED) is 0.274. The second-order valence-corrected chi connectivity index (χ2v) is 7.68. The van der Waals surface area contributed by atoms with Gasteiger partial charge in [-0.15, -0.1) is 0 Å². The molecule has 1 unspecified atom stereocenters. The second kappa shape index (κ2) is 7.30. The molecule has 1 aliphatic carbocycles. The van der Waals surface area contributed by atoms with Crippen LogP contribution in [0.25, 0.3) is 21.9 Å². The van der Waals surface area contributed by atoms with E-state index in [2.05, 4.69) is 12.2 Å². The lowest BCUT2D eigenvalue weighted by Gasteiger charge is -2.19. The fraction of sp³-hybridized carbons (Fsp3) is 0.154. The summed E-state index contributed by atoms with van der Waals surface area (Å²) in [4.78, 5) is 26.5. The maximum absolute atomic E-state index is 13.3. The predicted octanol–water partition coefficient (Wildman–Crippen LogP) is 5.71. The van der Waals surface area contributed by atoms with Crippen molar-refractivity contribution in [1.82, 2.24) is 0 Å². The number of carbonyl (C=O) groups excluding carboxylic acids is 1. The summed E-state index contributed by atoms with van der Waals surface area (Å²) in [6, 6.07) is 17.0. The van der Waals surface area contributed by atoms with Crippen molar-refractivity contribution < 1.29 is 14.3 Å². The molecule has 0 saturated heterocycles. The van der Waals surface area contributed by atoms with Gasteiger partial charge in [0.05, 0.1) is 16.3 Å². The standard InChI is InChI=1S/C26H20O4/c27-22-12-6-4-10-18(22)24(28)17-14-20(16-8-2-1-3-9-16)26-21(15-17)25(29)19-11-5-7-13-23(19)30-26/h2,4-8,10-16,27H,1,3,9H2. The third kappa shape index (κ3) is 3.01. The molecule has 3 aromatic carbocycles. The van der Waals surface area contributed by atoms with Crippen LogP contribution in [-0.2, 0) is 0 Å². The summed E-state index contributed by atoms with van der Waals surface area (Å²) in [5.41, 5.74) is 2.34. The van der Waals surface area contributed by atoms with Crippen LogP contribution in [0.1, 0.15) is 46.7 Å². The van der Waals surface area contributed by atoms with Crippen molar-refractivity contribution in [3.05, 3.63) is 99.7 Å². The number of phenols is 1. The summed E-state index contributed by atoms with van der Waals surface area (Å²) >= 11 is 0. The summed E-state index contributed by atoms with van der Waals surface area (Å²) in [5.74, 6) is -0.321. The molecular weight excluding hydrogens is 376 g/mol. The smallest absolute Gasteiger partial charge is 0.200 e. The van der Waals surface area contributed by atoms with Crippen LogP contribution in [0.3, 0.4) is 0 Å². The van der Waals surface area contributed by atoms with Crippen LogP contribution >= 0.6 is 0 Å². The zero-order chi connectivity index (χ0) is 20.7. The number of benzene rings is 3. The van der Waals surface area contributed by atoms with Gasteiger partial charge in [-0.3, -0.25) is 9.59 Å².